The Morgan fingerprint density at radius 2 is 1.76 bits per heavy atom. The Balaban J connectivity index is 2.34. The molecule has 0 saturated carbocycles. The average molecular weight is 229 g/mol. The van der Waals surface area contributed by atoms with E-state index in [9.17, 15) is 0 Å². The quantitative estimate of drug-likeness (QED) is 0.555. The van der Waals surface area contributed by atoms with Gasteiger partial charge in [-0.05, 0) is 25.5 Å². The molecule has 0 spiro atoms. The molecular weight excluding hydrogens is 214 g/mol. The molecule has 2 rings (SSSR count). The van der Waals surface area contributed by atoms with Gasteiger partial charge in [-0.1, -0.05) is 18.2 Å². The number of nitrogens with zero attached hydrogens (tertiary/aromatic N) is 2. The molecule has 0 amide bonds. The fraction of sp³-hybridized carbons (Fsp3) is 0.167. The smallest absolute Gasteiger partial charge is 0.148 e. The van der Waals surface area contributed by atoms with Crippen molar-refractivity contribution in [1.82, 2.24) is 9.97 Å². The second-order valence-electron chi connectivity index (χ2n) is 3.78. The number of para-hydroxylation sites is 1. The first-order chi connectivity index (χ1) is 8.22. The molecule has 0 aliphatic carbocycles. The summed E-state index contributed by atoms with van der Waals surface area (Å²) >= 11 is 0. The lowest BCUT2D eigenvalue weighted by Gasteiger charge is -2.12. The lowest BCUT2D eigenvalue weighted by molar-refractivity contribution is 1.10. The SMILES string of the molecule is Cc1ccccc1Nc1ncnc(NN)c1C. The number of hydrogen-bond acceptors (Lipinski definition) is 5. The van der Waals surface area contributed by atoms with Crippen LogP contribution >= 0.6 is 0 Å². The number of hydrazine groups is 1. The van der Waals surface area contributed by atoms with Gasteiger partial charge in [0.2, 0.25) is 0 Å². The third-order valence-corrected chi connectivity index (χ3v) is 2.62. The van der Waals surface area contributed by atoms with Gasteiger partial charge in [0, 0.05) is 11.3 Å². The van der Waals surface area contributed by atoms with Gasteiger partial charge in [0.25, 0.3) is 0 Å². The van der Waals surface area contributed by atoms with E-state index < -0.39 is 0 Å². The summed E-state index contributed by atoms with van der Waals surface area (Å²) in [6.45, 7) is 3.96. The van der Waals surface area contributed by atoms with E-state index in [4.69, 9.17) is 5.84 Å². The zero-order valence-electron chi connectivity index (χ0n) is 9.86. The summed E-state index contributed by atoms with van der Waals surface area (Å²) in [5, 5.41) is 3.27. The van der Waals surface area contributed by atoms with Gasteiger partial charge in [-0.3, -0.25) is 0 Å². The van der Waals surface area contributed by atoms with E-state index in [0.29, 0.717) is 5.82 Å². The fourth-order valence-corrected chi connectivity index (χ4v) is 1.56. The maximum Gasteiger partial charge on any atom is 0.148 e. The number of hydrogen-bond donors (Lipinski definition) is 3. The Morgan fingerprint density at radius 1 is 1.06 bits per heavy atom. The maximum atomic E-state index is 5.37. The maximum absolute atomic E-state index is 5.37. The second-order valence-corrected chi connectivity index (χ2v) is 3.78. The molecule has 0 aliphatic rings. The standard InChI is InChI=1S/C12H15N5/c1-8-5-3-4-6-10(8)16-11-9(2)12(17-13)15-7-14-11/h3-7H,13H2,1-2H3,(H2,14,15,16,17). The summed E-state index contributed by atoms with van der Waals surface area (Å²) in [4.78, 5) is 8.24. The Bertz CT molecular complexity index is 524. The number of anilines is 3. The molecule has 0 atom stereocenters. The predicted molar refractivity (Wildman–Crippen MR) is 69.0 cm³/mol. The lowest BCUT2D eigenvalue weighted by Crippen LogP contribution is -2.11. The van der Waals surface area contributed by atoms with Gasteiger partial charge in [0.15, 0.2) is 0 Å². The number of nitrogens with one attached hydrogen (secondary N) is 2. The molecule has 88 valence electrons. The Hall–Kier alpha value is -2.14. The monoisotopic (exact) mass is 229 g/mol. The van der Waals surface area contributed by atoms with Gasteiger partial charge in [0.1, 0.15) is 18.0 Å². The van der Waals surface area contributed by atoms with Crippen LogP contribution in [0.15, 0.2) is 30.6 Å². The predicted octanol–water partition coefficient (Wildman–Crippen LogP) is 2.12. The molecule has 0 fully saturated rings. The molecule has 1 heterocycles. The van der Waals surface area contributed by atoms with Crippen LogP contribution in [0, 0.1) is 13.8 Å². The van der Waals surface area contributed by atoms with Crippen LogP contribution in [0.1, 0.15) is 11.1 Å². The molecule has 1 aromatic carbocycles. The van der Waals surface area contributed by atoms with Crippen molar-refractivity contribution >= 4 is 17.3 Å². The minimum atomic E-state index is 0.621. The molecule has 0 bridgehead atoms. The average Bonchev–Trinajstić information content (AvgIpc) is 2.34. The number of nitrogens with two attached hydrogens (primary N) is 1. The number of aromatic nitrogens is 2. The highest BCUT2D eigenvalue weighted by Gasteiger charge is 2.06. The van der Waals surface area contributed by atoms with E-state index in [0.717, 1.165) is 22.6 Å². The van der Waals surface area contributed by atoms with E-state index in [-0.39, 0.29) is 0 Å². The van der Waals surface area contributed by atoms with Gasteiger partial charge in [-0.25, -0.2) is 15.8 Å². The first-order valence-corrected chi connectivity index (χ1v) is 5.33. The molecule has 4 N–H and O–H groups in total. The highest BCUT2D eigenvalue weighted by atomic mass is 15.3. The first-order valence-electron chi connectivity index (χ1n) is 5.33. The van der Waals surface area contributed by atoms with Gasteiger partial charge in [0.05, 0.1) is 0 Å². The summed E-state index contributed by atoms with van der Waals surface area (Å²) in [6.07, 6.45) is 1.48. The molecular formula is C12H15N5. The minimum absolute atomic E-state index is 0.621. The van der Waals surface area contributed by atoms with Crippen molar-refractivity contribution in [3.05, 3.63) is 41.7 Å². The highest BCUT2D eigenvalue weighted by molar-refractivity contribution is 5.66. The van der Waals surface area contributed by atoms with Crippen LogP contribution in [0.25, 0.3) is 0 Å². The Labute approximate surface area is 100 Å². The van der Waals surface area contributed by atoms with Crippen LogP contribution in [0.3, 0.4) is 0 Å². The summed E-state index contributed by atoms with van der Waals surface area (Å²) in [6, 6.07) is 8.03. The van der Waals surface area contributed by atoms with E-state index in [1.54, 1.807) is 0 Å². The van der Waals surface area contributed by atoms with Crippen LogP contribution in [-0.4, -0.2) is 9.97 Å². The van der Waals surface area contributed by atoms with Crippen molar-refractivity contribution in [2.45, 2.75) is 13.8 Å². The number of benzene rings is 1. The van der Waals surface area contributed by atoms with E-state index in [2.05, 4.69) is 20.7 Å². The molecule has 5 nitrogen and oxygen atoms in total. The van der Waals surface area contributed by atoms with Crippen LogP contribution < -0.4 is 16.6 Å². The Kier molecular flexibility index (Phi) is 3.20. The minimum Gasteiger partial charge on any atom is -0.340 e. The summed E-state index contributed by atoms with van der Waals surface area (Å²) in [5.74, 6) is 6.75. The highest BCUT2D eigenvalue weighted by Crippen LogP contribution is 2.23. The van der Waals surface area contributed by atoms with Crippen molar-refractivity contribution in [3.63, 3.8) is 0 Å². The third-order valence-electron chi connectivity index (χ3n) is 2.62. The van der Waals surface area contributed by atoms with Crippen molar-refractivity contribution in [1.29, 1.82) is 0 Å². The zero-order chi connectivity index (χ0) is 12.3. The van der Waals surface area contributed by atoms with Gasteiger partial charge < -0.3 is 10.7 Å². The van der Waals surface area contributed by atoms with Crippen molar-refractivity contribution in [2.75, 3.05) is 10.7 Å². The number of aryl methyl sites for hydroxylation is 1. The van der Waals surface area contributed by atoms with Crippen molar-refractivity contribution < 1.29 is 0 Å². The van der Waals surface area contributed by atoms with Crippen LogP contribution in [0.4, 0.5) is 17.3 Å². The summed E-state index contributed by atoms with van der Waals surface area (Å²) in [5.41, 5.74) is 5.62. The molecule has 17 heavy (non-hydrogen) atoms. The van der Waals surface area contributed by atoms with Crippen molar-refractivity contribution in [3.8, 4) is 0 Å². The largest absolute Gasteiger partial charge is 0.340 e. The molecule has 1 aromatic heterocycles. The first kappa shape index (κ1) is 11.3. The van der Waals surface area contributed by atoms with Gasteiger partial charge >= 0.3 is 0 Å². The van der Waals surface area contributed by atoms with Crippen LogP contribution in [0.5, 0.6) is 0 Å². The molecule has 2 aromatic rings. The topological polar surface area (TPSA) is 75.9 Å². The second kappa shape index (κ2) is 4.80. The van der Waals surface area contributed by atoms with Crippen LogP contribution in [-0.2, 0) is 0 Å². The lowest BCUT2D eigenvalue weighted by atomic mass is 10.2. The zero-order valence-corrected chi connectivity index (χ0v) is 9.86. The van der Waals surface area contributed by atoms with Crippen LogP contribution in [0.2, 0.25) is 0 Å². The molecule has 0 unspecified atom stereocenters. The summed E-state index contributed by atoms with van der Waals surface area (Å²) in [7, 11) is 0. The molecule has 0 saturated heterocycles. The van der Waals surface area contributed by atoms with E-state index in [1.807, 2.05) is 38.1 Å². The number of nitrogen functional groups attached to an aromatic ring is 1. The van der Waals surface area contributed by atoms with E-state index >= 15 is 0 Å². The van der Waals surface area contributed by atoms with Gasteiger partial charge in [-0.2, -0.15) is 0 Å². The summed E-state index contributed by atoms with van der Waals surface area (Å²) < 4.78 is 0. The van der Waals surface area contributed by atoms with Gasteiger partial charge in [-0.15, -0.1) is 0 Å². The molecule has 5 heteroatoms. The number of rotatable bonds is 3. The molecule has 0 radical (unpaired) electrons. The third kappa shape index (κ3) is 2.34. The van der Waals surface area contributed by atoms with Crippen molar-refractivity contribution in [2.24, 2.45) is 5.84 Å². The molecule has 0 aliphatic heterocycles. The normalized spacial score (nSPS) is 10.1. The van der Waals surface area contributed by atoms with E-state index in [1.165, 1.54) is 6.33 Å². The fourth-order valence-electron chi connectivity index (χ4n) is 1.56. The Morgan fingerprint density at radius 3 is 2.47 bits per heavy atom.